The van der Waals surface area contributed by atoms with Gasteiger partial charge in [-0.2, -0.15) is 0 Å². The fourth-order valence-corrected chi connectivity index (χ4v) is 2.63. The number of aromatic hydroxyl groups is 2. The molecule has 27 heavy (non-hydrogen) atoms. The first-order valence-electron chi connectivity index (χ1n) is 8.90. The number of hydrogen-bond acceptors (Lipinski definition) is 4. The minimum atomic E-state index is -0.941. The molecule has 0 heterocycles. The molecule has 0 unspecified atom stereocenters. The first-order valence-corrected chi connectivity index (χ1v) is 8.90. The van der Waals surface area contributed by atoms with Crippen molar-refractivity contribution in [2.75, 3.05) is 0 Å². The van der Waals surface area contributed by atoms with Gasteiger partial charge in [0.2, 0.25) is 0 Å². The molecule has 0 radical (unpaired) electrons. The van der Waals surface area contributed by atoms with Crippen LogP contribution < -0.4 is 0 Å². The van der Waals surface area contributed by atoms with E-state index >= 15 is 0 Å². The van der Waals surface area contributed by atoms with E-state index in [0.29, 0.717) is 24.0 Å². The summed E-state index contributed by atoms with van der Waals surface area (Å²) in [4.78, 5) is 21.5. The second-order valence-electron chi connectivity index (χ2n) is 6.15. The molecule has 0 aliphatic heterocycles. The third-order valence-corrected chi connectivity index (χ3v) is 3.96. The Labute approximate surface area is 158 Å². The van der Waals surface area contributed by atoms with Gasteiger partial charge in [-0.15, -0.1) is 0 Å². The number of phenols is 2. The van der Waals surface area contributed by atoms with Gasteiger partial charge in [-0.05, 0) is 66.8 Å². The molecule has 4 N–H and O–H groups in total. The normalized spacial score (nSPS) is 10.0. The monoisotopic (exact) mass is 374 g/mol. The molecule has 0 saturated heterocycles. The zero-order valence-electron chi connectivity index (χ0n) is 15.6. The van der Waals surface area contributed by atoms with Crippen LogP contribution >= 0.6 is 0 Å². The molecule has 0 fully saturated rings. The van der Waals surface area contributed by atoms with Gasteiger partial charge in [0.05, 0.1) is 11.1 Å². The summed E-state index contributed by atoms with van der Waals surface area (Å²) in [5.41, 5.74) is 1.96. The number of hydrogen-bond donors (Lipinski definition) is 4. The maximum absolute atomic E-state index is 10.8. The van der Waals surface area contributed by atoms with Crippen LogP contribution in [0.1, 0.15) is 65.0 Å². The predicted octanol–water partition coefficient (Wildman–Crippen LogP) is 4.48. The largest absolute Gasteiger partial charge is 0.508 e. The quantitative estimate of drug-likeness (QED) is 0.568. The molecule has 6 nitrogen and oxygen atoms in total. The van der Waals surface area contributed by atoms with Gasteiger partial charge in [0.15, 0.2) is 0 Å². The number of aromatic carboxylic acids is 2. The summed E-state index contributed by atoms with van der Waals surface area (Å²) < 4.78 is 0. The van der Waals surface area contributed by atoms with Crippen molar-refractivity contribution in [1.29, 1.82) is 0 Å². The topological polar surface area (TPSA) is 115 Å². The fraction of sp³-hybridized carbons (Fsp3) is 0.333. The number of rotatable bonds is 7. The van der Waals surface area contributed by atoms with Crippen LogP contribution in [0, 0.1) is 0 Å². The summed E-state index contributed by atoms with van der Waals surface area (Å²) in [5.74, 6) is -1.63. The van der Waals surface area contributed by atoms with Crippen molar-refractivity contribution in [3.8, 4) is 11.5 Å². The standard InChI is InChI=1S/C11H14O3.C10H12O3/c1-2-3-4-8-7-9(12)5-6-10(8)11(13)14;1-2-3-7-6-8(11)4-5-9(7)10(12)13/h5-7,12H,2-4H2,1H3,(H,13,14);4-6,11H,2-3H2,1H3,(H,12,13). The Morgan fingerprint density at radius 3 is 1.56 bits per heavy atom. The van der Waals surface area contributed by atoms with E-state index in [9.17, 15) is 14.7 Å². The van der Waals surface area contributed by atoms with Crippen LogP contribution in [0.5, 0.6) is 11.5 Å². The number of phenolic OH excluding ortho intramolecular Hbond substituents is 2. The molecule has 146 valence electrons. The molecule has 0 aliphatic carbocycles. The van der Waals surface area contributed by atoms with Gasteiger partial charge < -0.3 is 20.4 Å². The third kappa shape index (κ3) is 7.01. The summed E-state index contributed by atoms with van der Waals surface area (Å²) >= 11 is 0. The van der Waals surface area contributed by atoms with Crippen LogP contribution in [0.3, 0.4) is 0 Å². The Bertz CT molecular complexity index is 782. The van der Waals surface area contributed by atoms with Crippen molar-refractivity contribution in [3.63, 3.8) is 0 Å². The van der Waals surface area contributed by atoms with Gasteiger partial charge in [0.25, 0.3) is 0 Å². The van der Waals surface area contributed by atoms with Crippen LogP contribution in [0.15, 0.2) is 36.4 Å². The summed E-state index contributed by atoms with van der Waals surface area (Å²) in [6.45, 7) is 4.01. The number of benzene rings is 2. The molecular weight excluding hydrogens is 348 g/mol. The summed E-state index contributed by atoms with van der Waals surface area (Å²) in [5, 5.41) is 36.1. The maximum atomic E-state index is 10.8. The zero-order valence-corrected chi connectivity index (χ0v) is 15.6. The van der Waals surface area contributed by atoms with Crippen LogP contribution in [-0.2, 0) is 12.8 Å². The molecule has 0 amide bonds. The van der Waals surface area contributed by atoms with E-state index in [-0.39, 0.29) is 22.6 Å². The molecule has 2 aromatic rings. The zero-order chi connectivity index (χ0) is 20.4. The van der Waals surface area contributed by atoms with E-state index in [4.69, 9.17) is 15.3 Å². The lowest BCUT2D eigenvalue weighted by atomic mass is 10.0. The highest BCUT2D eigenvalue weighted by molar-refractivity contribution is 5.90. The lowest BCUT2D eigenvalue weighted by molar-refractivity contribution is 0.0684. The number of carbonyl (C=O) groups is 2. The predicted molar refractivity (Wildman–Crippen MR) is 103 cm³/mol. The summed E-state index contributed by atoms with van der Waals surface area (Å²) in [6.07, 6.45) is 4.19. The third-order valence-electron chi connectivity index (χ3n) is 3.96. The highest BCUT2D eigenvalue weighted by Crippen LogP contribution is 2.19. The van der Waals surface area contributed by atoms with Gasteiger partial charge in [-0.1, -0.05) is 26.7 Å². The molecule has 0 saturated carbocycles. The molecule has 0 aromatic heterocycles. The van der Waals surface area contributed by atoms with E-state index < -0.39 is 11.9 Å². The van der Waals surface area contributed by atoms with E-state index in [1.165, 1.54) is 36.4 Å². The van der Waals surface area contributed by atoms with Crippen molar-refractivity contribution >= 4 is 11.9 Å². The molecule has 0 atom stereocenters. The summed E-state index contributed by atoms with van der Waals surface area (Å²) in [6, 6.07) is 8.71. The van der Waals surface area contributed by atoms with Gasteiger partial charge in [0, 0.05) is 0 Å². The lowest BCUT2D eigenvalue weighted by Gasteiger charge is -2.05. The van der Waals surface area contributed by atoms with Crippen LogP contribution in [0.2, 0.25) is 0 Å². The van der Waals surface area contributed by atoms with Crippen molar-refractivity contribution in [2.24, 2.45) is 0 Å². The Hall–Kier alpha value is -3.02. The molecule has 6 heteroatoms. The van der Waals surface area contributed by atoms with Crippen LogP contribution in [0.4, 0.5) is 0 Å². The Kier molecular flexibility index (Phi) is 8.85. The Balaban J connectivity index is 0.000000271. The highest BCUT2D eigenvalue weighted by Gasteiger charge is 2.10. The van der Waals surface area contributed by atoms with Gasteiger partial charge in [-0.3, -0.25) is 0 Å². The van der Waals surface area contributed by atoms with Gasteiger partial charge >= 0.3 is 11.9 Å². The second kappa shape index (κ2) is 10.9. The Morgan fingerprint density at radius 2 is 1.19 bits per heavy atom. The maximum Gasteiger partial charge on any atom is 0.335 e. The first-order chi connectivity index (χ1) is 12.8. The minimum Gasteiger partial charge on any atom is -0.508 e. The van der Waals surface area contributed by atoms with E-state index in [1.54, 1.807) is 0 Å². The number of unbranched alkanes of at least 4 members (excludes halogenated alkanes) is 1. The average Bonchev–Trinajstić information content (AvgIpc) is 2.60. The molecule has 2 aromatic carbocycles. The van der Waals surface area contributed by atoms with Crippen LogP contribution in [0.25, 0.3) is 0 Å². The van der Waals surface area contributed by atoms with Crippen LogP contribution in [-0.4, -0.2) is 32.4 Å². The van der Waals surface area contributed by atoms with Gasteiger partial charge in [0.1, 0.15) is 11.5 Å². The van der Waals surface area contributed by atoms with E-state index in [2.05, 4.69) is 0 Å². The first kappa shape index (κ1) is 22.0. The lowest BCUT2D eigenvalue weighted by Crippen LogP contribution is -2.02. The van der Waals surface area contributed by atoms with E-state index in [0.717, 1.165) is 19.3 Å². The molecule has 2 rings (SSSR count). The Morgan fingerprint density at radius 1 is 0.741 bits per heavy atom. The van der Waals surface area contributed by atoms with Crippen molar-refractivity contribution in [3.05, 3.63) is 58.7 Å². The second-order valence-corrected chi connectivity index (χ2v) is 6.15. The number of carboxylic acid groups (broad SMARTS) is 2. The molecule has 0 aliphatic rings. The number of aryl methyl sites for hydroxylation is 2. The number of carboxylic acids is 2. The van der Waals surface area contributed by atoms with Crippen molar-refractivity contribution < 1.29 is 30.0 Å². The molecular formula is C21H26O6. The molecule has 0 bridgehead atoms. The fourth-order valence-electron chi connectivity index (χ4n) is 2.63. The van der Waals surface area contributed by atoms with Crippen molar-refractivity contribution in [1.82, 2.24) is 0 Å². The molecule has 0 spiro atoms. The van der Waals surface area contributed by atoms with E-state index in [1.807, 2.05) is 13.8 Å². The smallest absolute Gasteiger partial charge is 0.335 e. The van der Waals surface area contributed by atoms with Crippen molar-refractivity contribution in [2.45, 2.75) is 46.0 Å². The SMILES string of the molecule is CCCCc1cc(O)ccc1C(=O)O.CCCc1cc(O)ccc1C(=O)O. The summed E-state index contributed by atoms with van der Waals surface area (Å²) in [7, 11) is 0. The minimum absolute atomic E-state index is 0.119. The average molecular weight is 374 g/mol. The van der Waals surface area contributed by atoms with Gasteiger partial charge in [-0.25, -0.2) is 9.59 Å². The highest BCUT2D eigenvalue weighted by atomic mass is 16.4.